The molecule has 8 nitrogen and oxygen atoms in total. The summed E-state index contributed by atoms with van der Waals surface area (Å²) in [6.07, 6.45) is 0.0656. The molecule has 0 spiro atoms. The summed E-state index contributed by atoms with van der Waals surface area (Å²) in [5, 5.41) is 1.00. The van der Waals surface area contributed by atoms with Gasteiger partial charge in [-0.25, -0.2) is 18.0 Å². The minimum Gasteiger partial charge on any atom is -0.491 e. The zero-order valence-electron chi connectivity index (χ0n) is 27.0. The SMILES string of the molecule is CCOC(=O)COCCOC(C)C(C)OCCOc1cc(F)c([C@@H]2c3[nH]c4ccccc4c3C[C@@H](C)N2CC(C)(C)F)c(F)c1. The van der Waals surface area contributed by atoms with Crippen molar-refractivity contribution in [2.45, 2.75) is 77.9 Å². The third kappa shape index (κ3) is 9.00. The maximum atomic E-state index is 15.8. The highest BCUT2D eigenvalue weighted by molar-refractivity contribution is 5.85. The summed E-state index contributed by atoms with van der Waals surface area (Å²) in [4.78, 5) is 16.5. The zero-order chi connectivity index (χ0) is 32.7. The summed E-state index contributed by atoms with van der Waals surface area (Å²) in [5.74, 6) is -1.92. The van der Waals surface area contributed by atoms with Crippen molar-refractivity contribution in [1.82, 2.24) is 9.88 Å². The molecule has 0 amide bonds. The minimum atomic E-state index is -1.58. The fourth-order valence-corrected chi connectivity index (χ4v) is 5.72. The van der Waals surface area contributed by atoms with E-state index in [1.165, 1.54) is 26.0 Å². The molecule has 0 bridgehead atoms. The number of carbonyl (C=O) groups is 1. The lowest BCUT2D eigenvalue weighted by Crippen LogP contribution is -2.48. The lowest BCUT2D eigenvalue weighted by Gasteiger charge is -2.43. The normalized spacial score (nSPS) is 18.5. The number of fused-ring (bicyclic) bond motifs is 3. The van der Waals surface area contributed by atoms with Gasteiger partial charge < -0.3 is 28.7 Å². The second-order valence-electron chi connectivity index (χ2n) is 12.1. The van der Waals surface area contributed by atoms with Gasteiger partial charge in [0.25, 0.3) is 0 Å². The number of aromatic nitrogens is 1. The van der Waals surface area contributed by atoms with Gasteiger partial charge in [0.1, 0.15) is 36.3 Å². The highest BCUT2D eigenvalue weighted by Crippen LogP contribution is 2.43. The summed E-state index contributed by atoms with van der Waals surface area (Å²) in [6, 6.07) is 9.10. The van der Waals surface area contributed by atoms with Gasteiger partial charge in [-0.15, -0.1) is 0 Å². The van der Waals surface area contributed by atoms with Crippen LogP contribution in [0.5, 0.6) is 5.75 Å². The van der Waals surface area contributed by atoms with E-state index in [1.807, 2.05) is 49.9 Å². The van der Waals surface area contributed by atoms with Gasteiger partial charge in [0.15, 0.2) is 0 Å². The van der Waals surface area contributed by atoms with Gasteiger partial charge in [-0.1, -0.05) is 18.2 Å². The Morgan fingerprint density at radius 1 is 1.04 bits per heavy atom. The summed E-state index contributed by atoms with van der Waals surface area (Å²) >= 11 is 0. The third-order valence-corrected chi connectivity index (χ3v) is 7.93. The first-order valence-electron chi connectivity index (χ1n) is 15.5. The Labute approximate surface area is 263 Å². The molecule has 4 rings (SSSR count). The molecule has 0 saturated carbocycles. The maximum Gasteiger partial charge on any atom is 0.332 e. The van der Waals surface area contributed by atoms with E-state index in [-0.39, 0.29) is 69.1 Å². The number of esters is 1. The molecule has 1 aromatic heterocycles. The number of nitrogens with zero attached hydrogens (tertiary/aromatic N) is 1. The highest BCUT2D eigenvalue weighted by Gasteiger charge is 2.41. The van der Waals surface area contributed by atoms with Crippen molar-refractivity contribution in [2.75, 3.05) is 46.2 Å². The molecular formula is C34H45F3N2O6. The molecule has 3 aromatic rings. The Balaban J connectivity index is 1.39. The summed E-state index contributed by atoms with van der Waals surface area (Å²) in [5.41, 5.74) is 0.813. The van der Waals surface area contributed by atoms with E-state index in [0.717, 1.165) is 16.5 Å². The van der Waals surface area contributed by atoms with Gasteiger partial charge in [0.05, 0.1) is 44.7 Å². The first-order valence-corrected chi connectivity index (χ1v) is 15.5. The van der Waals surface area contributed by atoms with Crippen molar-refractivity contribution in [3.63, 3.8) is 0 Å². The number of ether oxygens (including phenoxy) is 5. The number of para-hydroxylation sites is 1. The number of hydrogen-bond acceptors (Lipinski definition) is 7. The molecule has 1 N–H and O–H groups in total. The van der Waals surface area contributed by atoms with Gasteiger partial charge in [0, 0.05) is 46.9 Å². The van der Waals surface area contributed by atoms with Crippen molar-refractivity contribution >= 4 is 16.9 Å². The quantitative estimate of drug-likeness (QED) is 0.146. The molecular weight excluding hydrogens is 589 g/mol. The van der Waals surface area contributed by atoms with Crippen LogP contribution in [0.3, 0.4) is 0 Å². The largest absolute Gasteiger partial charge is 0.491 e. The van der Waals surface area contributed by atoms with Crippen molar-refractivity contribution in [2.24, 2.45) is 0 Å². The van der Waals surface area contributed by atoms with E-state index in [4.69, 9.17) is 23.7 Å². The standard InChI is InChI=1S/C34H45F3N2O6/c1-7-42-30(40)19-41-12-13-43-22(3)23(4)44-14-15-45-24-17-27(35)31(28(36)18-24)33-32-26(25-10-8-9-11-29(25)38-32)16-21(2)39(33)20-34(5,6)37/h8-11,17-18,21-23,33,38H,7,12-16,19-20H2,1-6H3/t21-,22?,23?,33-/m1/s1. The van der Waals surface area contributed by atoms with Gasteiger partial charge >= 0.3 is 5.97 Å². The van der Waals surface area contributed by atoms with E-state index in [2.05, 4.69) is 4.98 Å². The molecule has 248 valence electrons. The second kappa shape index (κ2) is 15.4. The number of hydrogen-bond donors (Lipinski definition) is 1. The van der Waals surface area contributed by atoms with Crippen LogP contribution in [0.15, 0.2) is 36.4 Å². The number of carbonyl (C=O) groups excluding carboxylic acids is 1. The molecule has 2 unspecified atom stereocenters. The molecule has 11 heteroatoms. The number of halogens is 3. The predicted molar refractivity (Wildman–Crippen MR) is 165 cm³/mol. The van der Waals surface area contributed by atoms with Crippen LogP contribution in [0.4, 0.5) is 13.2 Å². The van der Waals surface area contributed by atoms with Crippen LogP contribution in [-0.2, 0) is 30.2 Å². The Morgan fingerprint density at radius 2 is 1.69 bits per heavy atom. The minimum absolute atomic E-state index is 0.00302. The lowest BCUT2D eigenvalue weighted by molar-refractivity contribution is -0.149. The van der Waals surface area contributed by atoms with Crippen LogP contribution in [0.1, 0.15) is 64.4 Å². The van der Waals surface area contributed by atoms with Crippen molar-refractivity contribution in [3.8, 4) is 5.75 Å². The molecule has 0 radical (unpaired) electrons. The van der Waals surface area contributed by atoms with E-state index < -0.39 is 29.3 Å². The molecule has 1 aliphatic rings. The van der Waals surface area contributed by atoms with Crippen LogP contribution < -0.4 is 4.74 Å². The van der Waals surface area contributed by atoms with E-state index in [9.17, 15) is 4.79 Å². The number of nitrogens with one attached hydrogen (secondary N) is 1. The molecule has 2 aromatic carbocycles. The van der Waals surface area contributed by atoms with Gasteiger partial charge in [-0.05, 0) is 59.6 Å². The van der Waals surface area contributed by atoms with Crippen molar-refractivity contribution < 1.29 is 41.7 Å². The summed E-state index contributed by atoms with van der Waals surface area (Å²) in [6.45, 7) is 11.2. The van der Waals surface area contributed by atoms with Crippen LogP contribution in [0.2, 0.25) is 0 Å². The van der Waals surface area contributed by atoms with Crippen LogP contribution in [0, 0.1) is 11.6 Å². The number of benzene rings is 2. The highest BCUT2D eigenvalue weighted by atomic mass is 19.1. The number of alkyl halides is 1. The number of H-pyrrole nitrogens is 1. The second-order valence-corrected chi connectivity index (χ2v) is 12.1. The van der Waals surface area contributed by atoms with Gasteiger partial charge in [-0.3, -0.25) is 4.90 Å². The Morgan fingerprint density at radius 3 is 2.33 bits per heavy atom. The average Bonchev–Trinajstić information content (AvgIpc) is 3.33. The van der Waals surface area contributed by atoms with Crippen LogP contribution in [0.25, 0.3) is 10.9 Å². The predicted octanol–water partition coefficient (Wildman–Crippen LogP) is 6.30. The summed E-state index contributed by atoms with van der Waals surface area (Å²) in [7, 11) is 0. The monoisotopic (exact) mass is 634 g/mol. The smallest absolute Gasteiger partial charge is 0.332 e. The van der Waals surface area contributed by atoms with Crippen LogP contribution in [-0.4, -0.2) is 86.0 Å². The first-order chi connectivity index (χ1) is 21.4. The molecule has 1 aliphatic heterocycles. The fourth-order valence-electron chi connectivity index (χ4n) is 5.72. The Kier molecular flexibility index (Phi) is 11.9. The van der Waals surface area contributed by atoms with E-state index in [0.29, 0.717) is 18.7 Å². The summed E-state index contributed by atoms with van der Waals surface area (Å²) < 4.78 is 73.8. The van der Waals surface area contributed by atoms with Crippen molar-refractivity contribution in [3.05, 3.63) is 64.9 Å². The van der Waals surface area contributed by atoms with Crippen LogP contribution >= 0.6 is 0 Å². The average molecular weight is 635 g/mol. The molecule has 45 heavy (non-hydrogen) atoms. The molecule has 0 aliphatic carbocycles. The van der Waals surface area contributed by atoms with Crippen molar-refractivity contribution in [1.29, 1.82) is 0 Å². The zero-order valence-corrected chi connectivity index (χ0v) is 27.0. The number of aromatic amines is 1. The van der Waals surface area contributed by atoms with Gasteiger partial charge in [0.2, 0.25) is 0 Å². The Bertz CT molecular complexity index is 1400. The lowest BCUT2D eigenvalue weighted by atomic mass is 9.87. The Hall–Kier alpha value is -3.12. The maximum absolute atomic E-state index is 15.8. The first kappa shape index (κ1) is 34.7. The molecule has 0 saturated heterocycles. The van der Waals surface area contributed by atoms with Gasteiger partial charge in [-0.2, -0.15) is 0 Å². The molecule has 0 fully saturated rings. The number of rotatable bonds is 16. The molecule has 4 atom stereocenters. The fraction of sp³-hybridized carbons (Fsp3) is 0.559. The van der Waals surface area contributed by atoms with E-state index in [1.54, 1.807) is 6.92 Å². The topological polar surface area (TPSA) is 82.3 Å². The van der Waals surface area contributed by atoms with E-state index >= 15 is 13.2 Å². The molecule has 2 heterocycles. The third-order valence-electron chi connectivity index (χ3n) is 7.93.